The number of carbonyl (C=O) groups excluding carboxylic acids is 1. The van der Waals surface area contributed by atoms with Crippen LogP contribution in [-0.4, -0.2) is 6.29 Å². The van der Waals surface area contributed by atoms with Gasteiger partial charge in [-0.2, -0.15) is 10.5 Å². The van der Waals surface area contributed by atoms with Gasteiger partial charge in [-0.05, 0) is 16.7 Å². The molecule has 1 aliphatic carbocycles. The molecule has 0 aromatic heterocycles. The Bertz CT molecular complexity index is 562. The van der Waals surface area contributed by atoms with E-state index in [1.165, 1.54) is 0 Å². The lowest BCUT2D eigenvalue weighted by Crippen LogP contribution is -2.30. The van der Waals surface area contributed by atoms with Gasteiger partial charge >= 0.3 is 0 Å². The van der Waals surface area contributed by atoms with Gasteiger partial charge in [0.1, 0.15) is 12.2 Å². The lowest BCUT2D eigenvalue weighted by atomic mass is 9.77. The monoisotopic (exact) mass is 208 g/mol. The van der Waals surface area contributed by atoms with Crippen LogP contribution in [0, 0.1) is 28.6 Å². The molecule has 0 N–H and O–H groups in total. The number of hydrogen-bond acceptors (Lipinski definition) is 3. The fourth-order valence-electron chi connectivity index (χ4n) is 2.17. The summed E-state index contributed by atoms with van der Waals surface area (Å²) in [5.41, 5.74) is 0.487. The first-order valence-electron chi connectivity index (χ1n) is 4.77. The average molecular weight is 208 g/mol. The number of fused-ring (bicyclic) bond motifs is 1. The van der Waals surface area contributed by atoms with Crippen molar-refractivity contribution in [3.05, 3.63) is 42.0 Å². The quantitative estimate of drug-likeness (QED) is 0.661. The average Bonchev–Trinajstić information content (AvgIpc) is 2.59. The van der Waals surface area contributed by atoms with Crippen LogP contribution in [0.25, 0.3) is 5.57 Å². The first kappa shape index (κ1) is 10.1. The fourth-order valence-corrected chi connectivity index (χ4v) is 2.17. The van der Waals surface area contributed by atoms with E-state index in [1.54, 1.807) is 24.3 Å². The van der Waals surface area contributed by atoms with Gasteiger partial charge in [-0.3, -0.25) is 0 Å². The lowest BCUT2D eigenvalue weighted by molar-refractivity contribution is -0.111. The second kappa shape index (κ2) is 3.32. The standard InChI is InChI=1S/C13H8N2O/c1-9-10-4-2-3-5-11(10)13(7-15,8-16)12(9)6-14/h2-5,8,12H,1H2. The first-order chi connectivity index (χ1) is 7.71. The van der Waals surface area contributed by atoms with Gasteiger partial charge in [0.25, 0.3) is 0 Å². The summed E-state index contributed by atoms with van der Waals surface area (Å²) in [4.78, 5) is 11.2. The van der Waals surface area contributed by atoms with E-state index >= 15 is 0 Å². The number of nitrogens with zero attached hydrogens (tertiary/aromatic N) is 2. The molecule has 1 aliphatic rings. The summed E-state index contributed by atoms with van der Waals surface area (Å²) in [6.45, 7) is 3.81. The Morgan fingerprint density at radius 1 is 1.38 bits per heavy atom. The molecular formula is C13H8N2O. The molecule has 3 heteroatoms. The van der Waals surface area contributed by atoms with E-state index in [4.69, 9.17) is 5.26 Å². The Balaban J connectivity index is 2.81. The van der Waals surface area contributed by atoms with Gasteiger partial charge < -0.3 is 4.79 Å². The molecule has 76 valence electrons. The fraction of sp³-hybridized carbons (Fsp3) is 0.154. The molecule has 2 unspecified atom stereocenters. The number of aldehydes is 1. The van der Waals surface area contributed by atoms with Gasteiger partial charge in [-0.25, -0.2) is 0 Å². The number of carbonyl (C=O) groups is 1. The van der Waals surface area contributed by atoms with Crippen LogP contribution in [0.15, 0.2) is 30.8 Å². The van der Waals surface area contributed by atoms with Crippen molar-refractivity contribution in [1.29, 1.82) is 10.5 Å². The van der Waals surface area contributed by atoms with Crippen LogP contribution in [0.5, 0.6) is 0 Å². The van der Waals surface area contributed by atoms with Crippen molar-refractivity contribution >= 4 is 11.9 Å². The minimum atomic E-state index is -1.39. The van der Waals surface area contributed by atoms with Crippen LogP contribution in [0.2, 0.25) is 0 Å². The van der Waals surface area contributed by atoms with Gasteiger partial charge in [0, 0.05) is 0 Å². The molecule has 1 aromatic rings. The zero-order valence-electron chi connectivity index (χ0n) is 8.47. The third kappa shape index (κ3) is 0.975. The van der Waals surface area contributed by atoms with E-state index in [1.807, 2.05) is 12.1 Å². The Morgan fingerprint density at radius 2 is 2.06 bits per heavy atom. The third-order valence-electron chi connectivity index (χ3n) is 3.02. The van der Waals surface area contributed by atoms with Crippen LogP contribution in [-0.2, 0) is 10.2 Å². The van der Waals surface area contributed by atoms with Gasteiger partial charge in [-0.1, -0.05) is 30.8 Å². The molecule has 0 bridgehead atoms. The Hall–Kier alpha value is -2.39. The van der Waals surface area contributed by atoms with E-state index < -0.39 is 11.3 Å². The maximum atomic E-state index is 11.2. The van der Waals surface area contributed by atoms with Gasteiger partial charge in [0.2, 0.25) is 0 Å². The van der Waals surface area contributed by atoms with E-state index in [9.17, 15) is 10.1 Å². The van der Waals surface area contributed by atoms with E-state index in [0.717, 1.165) is 5.56 Å². The van der Waals surface area contributed by atoms with Gasteiger partial charge in [0.15, 0.2) is 5.41 Å². The summed E-state index contributed by atoms with van der Waals surface area (Å²) in [6.07, 6.45) is 0.553. The molecule has 1 aromatic carbocycles. The van der Waals surface area contributed by atoms with Crippen LogP contribution >= 0.6 is 0 Å². The number of rotatable bonds is 1. The van der Waals surface area contributed by atoms with Crippen molar-refractivity contribution in [2.75, 3.05) is 0 Å². The second-order valence-electron chi connectivity index (χ2n) is 3.73. The number of allylic oxidation sites excluding steroid dienone is 1. The largest absolute Gasteiger partial charge is 0.301 e. The van der Waals surface area contributed by atoms with E-state index in [2.05, 4.69) is 6.58 Å². The van der Waals surface area contributed by atoms with Crippen molar-refractivity contribution in [1.82, 2.24) is 0 Å². The third-order valence-corrected chi connectivity index (χ3v) is 3.02. The number of hydrogen-bond donors (Lipinski definition) is 0. The molecule has 0 saturated heterocycles. The van der Waals surface area contributed by atoms with Gasteiger partial charge in [0.05, 0.1) is 12.1 Å². The summed E-state index contributed by atoms with van der Waals surface area (Å²) < 4.78 is 0. The molecule has 0 heterocycles. The summed E-state index contributed by atoms with van der Waals surface area (Å²) in [7, 11) is 0. The van der Waals surface area contributed by atoms with Crippen molar-refractivity contribution < 1.29 is 4.79 Å². The molecule has 0 saturated carbocycles. The molecule has 2 rings (SSSR count). The smallest absolute Gasteiger partial charge is 0.158 e. The molecule has 16 heavy (non-hydrogen) atoms. The molecule has 0 aliphatic heterocycles. The molecular weight excluding hydrogens is 200 g/mol. The van der Waals surface area contributed by atoms with Crippen LogP contribution < -0.4 is 0 Å². The van der Waals surface area contributed by atoms with E-state index in [0.29, 0.717) is 17.4 Å². The number of nitriles is 2. The zero-order chi connectivity index (χ0) is 11.8. The molecule has 0 radical (unpaired) electrons. The summed E-state index contributed by atoms with van der Waals surface area (Å²) >= 11 is 0. The molecule has 2 atom stereocenters. The minimum absolute atomic E-state index is 0.548. The topological polar surface area (TPSA) is 64.7 Å². The highest BCUT2D eigenvalue weighted by molar-refractivity contribution is 5.91. The molecule has 0 fully saturated rings. The molecule has 3 nitrogen and oxygen atoms in total. The van der Waals surface area contributed by atoms with Crippen LogP contribution in [0.1, 0.15) is 11.1 Å². The Labute approximate surface area is 93.2 Å². The predicted octanol–water partition coefficient (Wildman–Crippen LogP) is 1.81. The summed E-state index contributed by atoms with van der Waals surface area (Å²) in [6, 6.07) is 11.0. The van der Waals surface area contributed by atoms with E-state index in [-0.39, 0.29) is 0 Å². The van der Waals surface area contributed by atoms with Crippen molar-refractivity contribution in [3.8, 4) is 12.1 Å². The highest BCUT2D eigenvalue weighted by Crippen LogP contribution is 2.47. The summed E-state index contributed by atoms with van der Waals surface area (Å²) in [5, 5.41) is 18.3. The van der Waals surface area contributed by atoms with Crippen molar-refractivity contribution in [3.63, 3.8) is 0 Å². The Morgan fingerprint density at radius 3 is 2.62 bits per heavy atom. The van der Waals surface area contributed by atoms with Crippen LogP contribution in [0.4, 0.5) is 0 Å². The highest BCUT2D eigenvalue weighted by atomic mass is 16.1. The zero-order valence-corrected chi connectivity index (χ0v) is 8.47. The molecule has 0 spiro atoms. The maximum Gasteiger partial charge on any atom is 0.158 e. The summed E-state index contributed by atoms with van der Waals surface area (Å²) in [5.74, 6) is -0.785. The second-order valence-corrected chi connectivity index (χ2v) is 3.73. The van der Waals surface area contributed by atoms with Crippen molar-refractivity contribution in [2.45, 2.75) is 5.41 Å². The Kier molecular flexibility index (Phi) is 2.11. The number of benzene rings is 1. The van der Waals surface area contributed by atoms with Crippen LogP contribution in [0.3, 0.4) is 0 Å². The first-order valence-corrected chi connectivity index (χ1v) is 4.77. The van der Waals surface area contributed by atoms with Gasteiger partial charge in [-0.15, -0.1) is 0 Å². The minimum Gasteiger partial charge on any atom is -0.301 e. The van der Waals surface area contributed by atoms with Crippen molar-refractivity contribution in [2.24, 2.45) is 5.92 Å². The maximum absolute atomic E-state index is 11.2. The predicted molar refractivity (Wildman–Crippen MR) is 57.9 cm³/mol. The molecule has 0 amide bonds. The normalized spacial score (nSPS) is 26.6. The highest BCUT2D eigenvalue weighted by Gasteiger charge is 2.50. The lowest BCUT2D eigenvalue weighted by Gasteiger charge is -2.17. The SMILES string of the molecule is C=C1c2ccccc2C(C#N)(C=O)C1C#N.